The average Bonchev–Trinajstić information content (AvgIpc) is 3.50. The molecule has 5 heteroatoms. The fourth-order valence-corrected chi connectivity index (χ4v) is 2.49. The molecular formula is C21H22N2O3. The van der Waals surface area contributed by atoms with Crippen molar-refractivity contribution in [1.82, 2.24) is 5.32 Å². The van der Waals surface area contributed by atoms with Gasteiger partial charge in [-0.25, -0.2) is 0 Å². The SMILES string of the molecule is C=CCOc1ccc(C(=O)NCc2cccc(NC(=O)C3CC3)c2)cc1. The van der Waals surface area contributed by atoms with Crippen molar-refractivity contribution in [2.75, 3.05) is 11.9 Å². The van der Waals surface area contributed by atoms with Gasteiger partial charge < -0.3 is 15.4 Å². The number of carbonyl (C=O) groups is 2. The van der Waals surface area contributed by atoms with Gasteiger partial charge in [0, 0.05) is 23.7 Å². The van der Waals surface area contributed by atoms with Crippen LogP contribution in [-0.2, 0) is 11.3 Å². The summed E-state index contributed by atoms with van der Waals surface area (Å²) < 4.78 is 5.40. The van der Waals surface area contributed by atoms with Crippen LogP contribution in [0.3, 0.4) is 0 Å². The molecule has 2 amide bonds. The first kappa shape index (κ1) is 17.7. The second-order valence-electron chi connectivity index (χ2n) is 6.27. The Morgan fingerprint density at radius 2 is 1.92 bits per heavy atom. The van der Waals surface area contributed by atoms with E-state index < -0.39 is 0 Å². The van der Waals surface area contributed by atoms with Gasteiger partial charge in [0.25, 0.3) is 5.91 Å². The predicted molar refractivity (Wildman–Crippen MR) is 101 cm³/mol. The van der Waals surface area contributed by atoms with Crippen LogP contribution >= 0.6 is 0 Å². The predicted octanol–water partition coefficient (Wildman–Crippen LogP) is 3.53. The molecule has 2 aromatic carbocycles. The molecule has 2 aromatic rings. The Bertz CT molecular complexity index is 795. The summed E-state index contributed by atoms with van der Waals surface area (Å²) in [6.07, 6.45) is 3.61. The van der Waals surface area contributed by atoms with Crippen molar-refractivity contribution in [3.63, 3.8) is 0 Å². The van der Waals surface area contributed by atoms with Gasteiger partial charge in [0.05, 0.1) is 0 Å². The van der Waals surface area contributed by atoms with E-state index in [0.29, 0.717) is 24.5 Å². The van der Waals surface area contributed by atoms with Gasteiger partial charge >= 0.3 is 0 Å². The number of hydrogen-bond acceptors (Lipinski definition) is 3. The van der Waals surface area contributed by atoms with Gasteiger partial charge in [-0.3, -0.25) is 9.59 Å². The van der Waals surface area contributed by atoms with E-state index >= 15 is 0 Å². The van der Waals surface area contributed by atoms with E-state index in [0.717, 1.165) is 24.1 Å². The third kappa shape index (κ3) is 4.96. The van der Waals surface area contributed by atoms with E-state index in [1.165, 1.54) is 0 Å². The third-order valence-corrected chi connectivity index (χ3v) is 4.08. The molecule has 1 fully saturated rings. The number of nitrogens with one attached hydrogen (secondary N) is 2. The maximum absolute atomic E-state index is 12.3. The molecule has 0 spiro atoms. The fourth-order valence-electron chi connectivity index (χ4n) is 2.49. The van der Waals surface area contributed by atoms with Crippen LogP contribution in [0.1, 0.15) is 28.8 Å². The van der Waals surface area contributed by atoms with E-state index in [-0.39, 0.29) is 17.7 Å². The lowest BCUT2D eigenvalue weighted by atomic mass is 10.1. The third-order valence-electron chi connectivity index (χ3n) is 4.08. The van der Waals surface area contributed by atoms with Gasteiger partial charge in [0.2, 0.25) is 5.91 Å². The quantitative estimate of drug-likeness (QED) is 0.716. The number of ether oxygens (including phenoxy) is 1. The summed E-state index contributed by atoms with van der Waals surface area (Å²) in [5, 5.41) is 5.80. The molecule has 1 aliphatic rings. The molecule has 0 bridgehead atoms. The van der Waals surface area contributed by atoms with Crippen LogP contribution in [0, 0.1) is 5.92 Å². The van der Waals surface area contributed by atoms with Crippen molar-refractivity contribution < 1.29 is 14.3 Å². The Morgan fingerprint density at radius 3 is 2.62 bits per heavy atom. The number of amides is 2. The zero-order valence-corrected chi connectivity index (χ0v) is 14.5. The number of rotatable bonds is 8. The highest BCUT2D eigenvalue weighted by Gasteiger charge is 2.29. The first-order chi connectivity index (χ1) is 12.7. The Labute approximate surface area is 153 Å². The zero-order chi connectivity index (χ0) is 18.4. The van der Waals surface area contributed by atoms with Crippen LogP contribution in [0.4, 0.5) is 5.69 Å². The Morgan fingerprint density at radius 1 is 1.15 bits per heavy atom. The van der Waals surface area contributed by atoms with Gasteiger partial charge in [0.1, 0.15) is 12.4 Å². The minimum Gasteiger partial charge on any atom is -0.490 e. The number of anilines is 1. The number of carbonyl (C=O) groups excluding carboxylic acids is 2. The standard InChI is InChI=1S/C21H22N2O3/c1-2-12-26-19-10-8-16(9-11-19)20(24)22-14-15-4-3-5-18(13-15)23-21(25)17-6-7-17/h2-5,8-11,13,17H,1,6-7,12,14H2,(H,22,24)(H,23,25). The normalized spacial score (nSPS) is 12.9. The van der Waals surface area contributed by atoms with Crippen molar-refractivity contribution in [2.45, 2.75) is 19.4 Å². The lowest BCUT2D eigenvalue weighted by molar-refractivity contribution is -0.117. The minimum atomic E-state index is -0.160. The summed E-state index contributed by atoms with van der Waals surface area (Å²) in [6, 6.07) is 14.5. The first-order valence-electron chi connectivity index (χ1n) is 8.67. The molecule has 0 atom stereocenters. The second kappa shape index (κ2) is 8.34. The summed E-state index contributed by atoms with van der Waals surface area (Å²) in [4.78, 5) is 24.1. The number of benzene rings is 2. The van der Waals surface area contributed by atoms with Crippen molar-refractivity contribution in [2.24, 2.45) is 5.92 Å². The monoisotopic (exact) mass is 350 g/mol. The van der Waals surface area contributed by atoms with E-state index in [2.05, 4.69) is 17.2 Å². The Hall–Kier alpha value is -3.08. The summed E-state index contributed by atoms with van der Waals surface area (Å²) in [5.74, 6) is 0.773. The molecular weight excluding hydrogens is 328 g/mol. The molecule has 26 heavy (non-hydrogen) atoms. The molecule has 0 aliphatic heterocycles. The van der Waals surface area contributed by atoms with Gasteiger partial charge in [-0.1, -0.05) is 24.8 Å². The second-order valence-corrected chi connectivity index (χ2v) is 6.27. The molecule has 0 radical (unpaired) electrons. The van der Waals surface area contributed by atoms with Crippen LogP contribution in [0.15, 0.2) is 61.2 Å². The molecule has 1 saturated carbocycles. The van der Waals surface area contributed by atoms with Gasteiger partial charge in [0.15, 0.2) is 0 Å². The van der Waals surface area contributed by atoms with Crippen LogP contribution < -0.4 is 15.4 Å². The fraction of sp³-hybridized carbons (Fsp3) is 0.238. The molecule has 0 aromatic heterocycles. The topological polar surface area (TPSA) is 67.4 Å². The highest BCUT2D eigenvalue weighted by molar-refractivity contribution is 5.95. The van der Waals surface area contributed by atoms with Crippen molar-refractivity contribution in [3.8, 4) is 5.75 Å². The summed E-state index contributed by atoms with van der Waals surface area (Å²) in [6.45, 7) is 4.42. The maximum Gasteiger partial charge on any atom is 0.251 e. The first-order valence-corrected chi connectivity index (χ1v) is 8.67. The van der Waals surface area contributed by atoms with Crippen LogP contribution in [-0.4, -0.2) is 18.4 Å². The molecule has 0 saturated heterocycles. The average molecular weight is 350 g/mol. The van der Waals surface area contributed by atoms with Crippen molar-refractivity contribution in [3.05, 3.63) is 72.3 Å². The smallest absolute Gasteiger partial charge is 0.251 e. The van der Waals surface area contributed by atoms with Crippen LogP contribution in [0.25, 0.3) is 0 Å². The number of hydrogen-bond donors (Lipinski definition) is 2. The zero-order valence-electron chi connectivity index (χ0n) is 14.5. The van der Waals surface area contributed by atoms with E-state index in [4.69, 9.17) is 4.74 Å². The Balaban J connectivity index is 1.53. The summed E-state index contributed by atoms with van der Waals surface area (Å²) >= 11 is 0. The van der Waals surface area contributed by atoms with Gasteiger partial charge in [-0.05, 0) is 54.8 Å². The molecule has 2 N–H and O–H groups in total. The van der Waals surface area contributed by atoms with E-state index in [9.17, 15) is 9.59 Å². The summed E-state index contributed by atoms with van der Waals surface area (Å²) in [5.41, 5.74) is 2.25. The van der Waals surface area contributed by atoms with Crippen molar-refractivity contribution in [1.29, 1.82) is 0 Å². The van der Waals surface area contributed by atoms with Gasteiger partial charge in [-0.15, -0.1) is 0 Å². The maximum atomic E-state index is 12.3. The van der Waals surface area contributed by atoms with Crippen LogP contribution in [0.2, 0.25) is 0 Å². The van der Waals surface area contributed by atoms with Crippen molar-refractivity contribution >= 4 is 17.5 Å². The molecule has 0 heterocycles. The van der Waals surface area contributed by atoms with Crippen LogP contribution in [0.5, 0.6) is 5.75 Å². The lowest BCUT2D eigenvalue weighted by Crippen LogP contribution is -2.22. The lowest BCUT2D eigenvalue weighted by Gasteiger charge is -2.09. The largest absolute Gasteiger partial charge is 0.490 e. The molecule has 5 nitrogen and oxygen atoms in total. The molecule has 3 rings (SSSR count). The highest BCUT2D eigenvalue weighted by atomic mass is 16.5. The minimum absolute atomic E-state index is 0.0740. The van der Waals surface area contributed by atoms with Gasteiger partial charge in [-0.2, -0.15) is 0 Å². The van der Waals surface area contributed by atoms with E-state index in [1.54, 1.807) is 30.3 Å². The summed E-state index contributed by atoms with van der Waals surface area (Å²) in [7, 11) is 0. The molecule has 0 unspecified atom stereocenters. The highest BCUT2D eigenvalue weighted by Crippen LogP contribution is 2.30. The van der Waals surface area contributed by atoms with E-state index in [1.807, 2.05) is 24.3 Å². The molecule has 134 valence electrons. The Kier molecular flexibility index (Phi) is 5.69. The molecule has 1 aliphatic carbocycles.